The second-order valence-electron chi connectivity index (χ2n) is 9.13. The number of amides is 2. The van der Waals surface area contributed by atoms with Gasteiger partial charge in [-0.05, 0) is 49.3 Å². The van der Waals surface area contributed by atoms with Crippen molar-refractivity contribution in [2.75, 3.05) is 46.5 Å². The summed E-state index contributed by atoms with van der Waals surface area (Å²) >= 11 is 0. The van der Waals surface area contributed by atoms with Gasteiger partial charge in [-0.25, -0.2) is 5.10 Å². The van der Waals surface area contributed by atoms with Crippen molar-refractivity contribution in [2.45, 2.75) is 32.1 Å². The summed E-state index contributed by atoms with van der Waals surface area (Å²) < 4.78 is 11.6. The standard InChI is InChI=1S/C25H32N4O5/c1-33-18-25-10-4-5-13-28(24(32)20-8-9-22(30)27-26-20)16-17-34-21-7-3-2-6-19(21)23(31)29(14-11-25)15-12-25/h2-3,6-9H,4-5,10-18H2,1H3,(H,27,30). The van der Waals surface area contributed by atoms with Crippen LogP contribution in [0.1, 0.15) is 53.0 Å². The van der Waals surface area contributed by atoms with Gasteiger partial charge in [-0.1, -0.05) is 18.6 Å². The SMILES string of the molecule is COCC12CCCCN(C(=O)c3ccc(=O)[nH]n3)CCOc3ccccc3C(=O)N(CC1)CC2. The van der Waals surface area contributed by atoms with Crippen LogP contribution >= 0.6 is 0 Å². The zero-order valence-corrected chi connectivity index (χ0v) is 19.6. The number of hydrogen-bond donors (Lipinski definition) is 1. The number of methoxy groups -OCH3 is 1. The Morgan fingerprint density at radius 3 is 2.59 bits per heavy atom. The van der Waals surface area contributed by atoms with Crippen molar-refractivity contribution in [3.05, 3.63) is 58.0 Å². The lowest BCUT2D eigenvalue weighted by Gasteiger charge is -2.41. The molecule has 2 amide bonds. The van der Waals surface area contributed by atoms with Gasteiger partial charge in [0.25, 0.3) is 17.4 Å². The summed E-state index contributed by atoms with van der Waals surface area (Å²) in [6.45, 7) is 3.19. The number of piperidine rings is 1. The number of hydrogen-bond acceptors (Lipinski definition) is 6. The molecule has 9 heteroatoms. The maximum absolute atomic E-state index is 13.3. The van der Waals surface area contributed by atoms with Crippen LogP contribution in [-0.4, -0.2) is 78.3 Å². The molecule has 0 radical (unpaired) electrons. The molecular formula is C25H32N4O5. The molecule has 1 N–H and O–H groups in total. The summed E-state index contributed by atoms with van der Waals surface area (Å²) in [4.78, 5) is 41.4. The van der Waals surface area contributed by atoms with Crippen molar-refractivity contribution in [3.8, 4) is 5.75 Å². The van der Waals surface area contributed by atoms with Gasteiger partial charge in [-0.15, -0.1) is 0 Å². The van der Waals surface area contributed by atoms with Crippen LogP contribution in [0, 0.1) is 5.41 Å². The maximum Gasteiger partial charge on any atom is 0.274 e. The van der Waals surface area contributed by atoms with E-state index in [1.807, 2.05) is 17.0 Å². The molecule has 1 saturated heterocycles. The number of carbonyl (C=O) groups excluding carboxylic acids is 2. The third kappa shape index (κ3) is 5.47. The van der Waals surface area contributed by atoms with E-state index in [4.69, 9.17) is 9.47 Å². The molecular weight excluding hydrogens is 436 g/mol. The van der Waals surface area contributed by atoms with Crippen LogP contribution in [-0.2, 0) is 4.74 Å². The van der Waals surface area contributed by atoms with Gasteiger partial charge >= 0.3 is 0 Å². The Bertz CT molecular complexity index is 1040. The van der Waals surface area contributed by atoms with Gasteiger partial charge in [0.1, 0.15) is 18.1 Å². The predicted octanol–water partition coefficient (Wildman–Crippen LogP) is 2.34. The van der Waals surface area contributed by atoms with E-state index in [-0.39, 0.29) is 35.1 Å². The van der Waals surface area contributed by atoms with E-state index in [9.17, 15) is 14.4 Å². The van der Waals surface area contributed by atoms with Gasteiger partial charge in [-0.3, -0.25) is 14.4 Å². The Kier molecular flexibility index (Phi) is 7.62. The van der Waals surface area contributed by atoms with Crippen molar-refractivity contribution < 1.29 is 19.1 Å². The summed E-state index contributed by atoms with van der Waals surface area (Å²) in [5, 5.41) is 6.22. The van der Waals surface area contributed by atoms with Crippen LogP contribution in [0.4, 0.5) is 0 Å². The summed E-state index contributed by atoms with van der Waals surface area (Å²) in [5.41, 5.74) is 0.413. The lowest BCUT2D eigenvalue weighted by molar-refractivity contribution is 0.0136. The number of benzene rings is 1. The first-order valence-electron chi connectivity index (χ1n) is 11.9. The number of ether oxygens (including phenoxy) is 2. The van der Waals surface area contributed by atoms with E-state index in [0.717, 1.165) is 32.1 Å². The molecule has 0 saturated carbocycles. The molecule has 1 aromatic carbocycles. The van der Waals surface area contributed by atoms with Crippen LogP contribution in [0.2, 0.25) is 0 Å². The molecule has 0 aliphatic carbocycles. The Hall–Kier alpha value is -3.20. The third-order valence-electron chi connectivity index (χ3n) is 6.87. The Balaban J connectivity index is 1.58. The van der Waals surface area contributed by atoms with E-state index < -0.39 is 0 Å². The minimum Gasteiger partial charge on any atom is -0.491 e. The van der Waals surface area contributed by atoms with Gasteiger partial charge in [0.05, 0.1) is 18.7 Å². The summed E-state index contributed by atoms with van der Waals surface area (Å²) in [6.07, 6.45) is 4.54. The molecule has 1 fully saturated rings. The smallest absolute Gasteiger partial charge is 0.274 e. The molecule has 34 heavy (non-hydrogen) atoms. The average Bonchev–Trinajstić information content (AvgIpc) is 2.86. The van der Waals surface area contributed by atoms with Crippen LogP contribution in [0.5, 0.6) is 5.75 Å². The molecule has 2 aromatic rings. The highest BCUT2D eigenvalue weighted by Gasteiger charge is 2.36. The van der Waals surface area contributed by atoms with E-state index in [1.165, 1.54) is 12.1 Å². The predicted molar refractivity (Wildman–Crippen MR) is 126 cm³/mol. The fraction of sp³-hybridized carbons (Fsp3) is 0.520. The van der Waals surface area contributed by atoms with Crippen molar-refractivity contribution in [1.29, 1.82) is 0 Å². The second kappa shape index (κ2) is 10.8. The number of nitrogens with one attached hydrogen (secondary N) is 1. The molecule has 0 atom stereocenters. The number of nitrogens with zero attached hydrogens (tertiary/aromatic N) is 3. The number of para-hydroxylation sites is 1. The monoisotopic (exact) mass is 468 g/mol. The molecule has 3 aliphatic heterocycles. The Morgan fingerprint density at radius 2 is 1.85 bits per heavy atom. The van der Waals surface area contributed by atoms with Crippen LogP contribution in [0.3, 0.4) is 0 Å². The molecule has 4 heterocycles. The van der Waals surface area contributed by atoms with Gasteiger partial charge in [0.15, 0.2) is 0 Å². The quantitative estimate of drug-likeness (QED) is 0.742. The highest BCUT2D eigenvalue weighted by Crippen LogP contribution is 2.38. The van der Waals surface area contributed by atoms with E-state index in [1.54, 1.807) is 24.1 Å². The number of H-pyrrole nitrogens is 1. The van der Waals surface area contributed by atoms with Crippen molar-refractivity contribution in [2.24, 2.45) is 5.41 Å². The van der Waals surface area contributed by atoms with Crippen LogP contribution in [0.25, 0.3) is 0 Å². The van der Waals surface area contributed by atoms with Gasteiger partial charge in [0, 0.05) is 32.8 Å². The number of fused-ring (bicyclic) bond motifs is 9. The Morgan fingerprint density at radius 1 is 1.06 bits per heavy atom. The minimum atomic E-state index is -0.354. The number of aromatic nitrogens is 2. The second-order valence-corrected chi connectivity index (χ2v) is 9.13. The third-order valence-corrected chi connectivity index (χ3v) is 6.87. The first-order chi connectivity index (χ1) is 16.5. The summed E-state index contributed by atoms with van der Waals surface area (Å²) in [6, 6.07) is 10.00. The number of aromatic amines is 1. The first-order valence-corrected chi connectivity index (χ1v) is 11.9. The average molecular weight is 469 g/mol. The minimum absolute atomic E-state index is 0.0261. The lowest BCUT2D eigenvalue weighted by atomic mass is 9.75. The van der Waals surface area contributed by atoms with E-state index in [0.29, 0.717) is 44.1 Å². The lowest BCUT2D eigenvalue weighted by Crippen LogP contribution is -2.45. The summed E-state index contributed by atoms with van der Waals surface area (Å²) in [7, 11) is 1.73. The maximum atomic E-state index is 13.3. The number of rotatable bonds is 3. The molecule has 0 spiro atoms. The van der Waals surface area contributed by atoms with Crippen molar-refractivity contribution in [1.82, 2.24) is 20.0 Å². The van der Waals surface area contributed by atoms with E-state index >= 15 is 0 Å². The molecule has 9 nitrogen and oxygen atoms in total. The van der Waals surface area contributed by atoms with Crippen LogP contribution in [0.15, 0.2) is 41.2 Å². The Labute approximate surface area is 199 Å². The molecule has 0 unspecified atom stereocenters. The molecule has 2 bridgehead atoms. The fourth-order valence-corrected chi connectivity index (χ4v) is 4.91. The zero-order valence-electron chi connectivity index (χ0n) is 19.6. The summed E-state index contributed by atoms with van der Waals surface area (Å²) in [5.74, 6) is 0.236. The first kappa shape index (κ1) is 23.9. The van der Waals surface area contributed by atoms with Crippen molar-refractivity contribution in [3.63, 3.8) is 0 Å². The van der Waals surface area contributed by atoms with Gasteiger partial charge in [-0.2, -0.15) is 5.10 Å². The topological polar surface area (TPSA) is 105 Å². The van der Waals surface area contributed by atoms with Crippen molar-refractivity contribution >= 4 is 11.8 Å². The molecule has 5 rings (SSSR count). The fourth-order valence-electron chi connectivity index (χ4n) is 4.91. The van der Waals surface area contributed by atoms with Gasteiger partial charge in [0.2, 0.25) is 0 Å². The molecule has 3 aliphatic rings. The highest BCUT2D eigenvalue weighted by atomic mass is 16.5. The van der Waals surface area contributed by atoms with Crippen LogP contribution < -0.4 is 10.3 Å². The largest absolute Gasteiger partial charge is 0.491 e. The molecule has 182 valence electrons. The van der Waals surface area contributed by atoms with Gasteiger partial charge < -0.3 is 19.3 Å². The zero-order chi connectivity index (χ0) is 24.0. The van der Waals surface area contributed by atoms with E-state index in [2.05, 4.69) is 10.2 Å². The highest BCUT2D eigenvalue weighted by molar-refractivity contribution is 5.97. The molecule has 1 aromatic heterocycles. The number of carbonyl (C=O) groups is 2. The normalized spacial score (nSPS) is 19.0.